The lowest BCUT2D eigenvalue weighted by Crippen LogP contribution is -2.01. The third kappa shape index (κ3) is 3.07. The van der Waals surface area contributed by atoms with E-state index in [-0.39, 0.29) is 0 Å². The summed E-state index contributed by atoms with van der Waals surface area (Å²) in [7, 11) is -3.14. The summed E-state index contributed by atoms with van der Waals surface area (Å²) in [4.78, 5) is 4.30. The first kappa shape index (κ1) is 12.6. The van der Waals surface area contributed by atoms with Crippen LogP contribution in [0.15, 0.2) is 33.7 Å². The van der Waals surface area contributed by atoms with Crippen LogP contribution in [-0.4, -0.2) is 24.8 Å². The minimum atomic E-state index is -3.14. The Bertz CT molecular complexity index is 632. The molecule has 2 aromatic rings. The highest BCUT2D eigenvalue weighted by atomic mass is 32.2. The number of hydrogen-bond acceptors (Lipinski definition) is 6. The lowest BCUT2D eigenvalue weighted by atomic mass is 10.2. The molecule has 2 rings (SSSR count). The van der Waals surface area contributed by atoms with Crippen LogP contribution in [0, 0.1) is 6.92 Å². The Balaban J connectivity index is 2.03. The molecule has 0 aliphatic carbocycles. The van der Waals surface area contributed by atoms with Crippen molar-refractivity contribution in [2.75, 3.05) is 11.6 Å². The molecule has 1 aromatic carbocycles. The predicted molar refractivity (Wildman–Crippen MR) is 65.9 cm³/mol. The molecular weight excluding hydrogens is 254 g/mol. The van der Waals surface area contributed by atoms with Gasteiger partial charge >= 0.3 is 6.01 Å². The molecule has 0 radical (unpaired) electrons. The van der Waals surface area contributed by atoms with E-state index in [1.54, 1.807) is 31.2 Å². The van der Waals surface area contributed by atoms with E-state index in [2.05, 4.69) is 15.5 Å². The summed E-state index contributed by atoms with van der Waals surface area (Å²) in [6, 6.07) is 6.98. The normalized spacial score (nSPS) is 11.4. The lowest BCUT2D eigenvalue weighted by Gasteiger charge is -2.03. The maximum absolute atomic E-state index is 11.3. The largest absolute Gasteiger partial charge is 0.334 e. The Hall–Kier alpha value is -1.89. The molecule has 0 bridgehead atoms. The summed E-state index contributed by atoms with van der Waals surface area (Å²) in [5, 5.41) is 6.60. The fraction of sp³-hybridized carbons (Fsp3) is 0.273. The van der Waals surface area contributed by atoms with E-state index in [9.17, 15) is 8.42 Å². The molecule has 1 heterocycles. The number of nitrogens with zero attached hydrogens (tertiary/aromatic N) is 2. The second kappa shape index (κ2) is 4.77. The van der Waals surface area contributed by atoms with E-state index in [1.807, 2.05) is 0 Å². The second-order valence-corrected chi connectivity index (χ2v) is 5.93. The Morgan fingerprint density at radius 3 is 2.44 bits per heavy atom. The average Bonchev–Trinajstić information content (AvgIpc) is 2.72. The summed E-state index contributed by atoms with van der Waals surface area (Å²) >= 11 is 0. The van der Waals surface area contributed by atoms with Gasteiger partial charge in [0.1, 0.15) is 0 Å². The molecule has 0 aliphatic rings. The van der Waals surface area contributed by atoms with Crippen molar-refractivity contribution in [2.45, 2.75) is 18.4 Å². The molecule has 96 valence electrons. The second-order valence-electron chi connectivity index (χ2n) is 3.92. The lowest BCUT2D eigenvalue weighted by molar-refractivity contribution is 0.425. The number of benzene rings is 1. The highest BCUT2D eigenvalue weighted by molar-refractivity contribution is 7.90. The zero-order chi connectivity index (χ0) is 13.2. The topological polar surface area (TPSA) is 85.1 Å². The Kier molecular flexibility index (Phi) is 3.33. The number of aryl methyl sites for hydroxylation is 1. The minimum Gasteiger partial charge on any atom is -0.334 e. The molecule has 6 nitrogen and oxygen atoms in total. The molecule has 0 unspecified atom stereocenters. The molecule has 0 fully saturated rings. The van der Waals surface area contributed by atoms with Crippen molar-refractivity contribution < 1.29 is 12.9 Å². The van der Waals surface area contributed by atoms with Crippen molar-refractivity contribution in [3.63, 3.8) is 0 Å². The number of nitrogens with one attached hydrogen (secondary N) is 1. The third-order valence-electron chi connectivity index (χ3n) is 2.32. The van der Waals surface area contributed by atoms with E-state index in [0.717, 1.165) is 5.56 Å². The molecule has 0 saturated heterocycles. The van der Waals surface area contributed by atoms with Gasteiger partial charge in [-0.25, -0.2) is 8.42 Å². The van der Waals surface area contributed by atoms with Crippen LogP contribution < -0.4 is 5.32 Å². The molecule has 0 amide bonds. The van der Waals surface area contributed by atoms with Crippen molar-refractivity contribution >= 4 is 15.9 Å². The fourth-order valence-electron chi connectivity index (χ4n) is 1.40. The molecule has 0 spiro atoms. The van der Waals surface area contributed by atoms with Crippen LogP contribution in [0.3, 0.4) is 0 Å². The number of rotatable bonds is 4. The Morgan fingerprint density at radius 1 is 1.28 bits per heavy atom. The van der Waals surface area contributed by atoms with Gasteiger partial charge in [0.05, 0.1) is 4.90 Å². The molecular formula is C11H13N3O3S. The van der Waals surface area contributed by atoms with Gasteiger partial charge in [-0.2, -0.15) is 4.98 Å². The number of sulfone groups is 1. The van der Waals surface area contributed by atoms with E-state index in [4.69, 9.17) is 4.52 Å². The first-order chi connectivity index (χ1) is 8.45. The summed E-state index contributed by atoms with van der Waals surface area (Å²) in [5.74, 6) is 0.560. The van der Waals surface area contributed by atoms with Crippen LogP contribution in [0.5, 0.6) is 0 Å². The van der Waals surface area contributed by atoms with Crippen molar-refractivity contribution in [1.29, 1.82) is 0 Å². The Morgan fingerprint density at radius 2 is 1.94 bits per heavy atom. The van der Waals surface area contributed by atoms with Crippen LogP contribution >= 0.6 is 0 Å². The SMILES string of the molecule is Cc1noc(NCc2ccc(S(C)(=O)=O)cc2)n1. The smallest absolute Gasteiger partial charge is 0.321 e. The zero-order valence-electron chi connectivity index (χ0n) is 10.0. The molecule has 1 N–H and O–H groups in total. The van der Waals surface area contributed by atoms with Gasteiger partial charge in [0.25, 0.3) is 0 Å². The molecule has 0 saturated carbocycles. The first-order valence-electron chi connectivity index (χ1n) is 5.28. The van der Waals surface area contributed by atoms with Gasteiger partial charge in [0.2, 0.25) is 0 Å². The molecule has 7 heteroatoms. The summed E-state index contributed by atoms with van der Waals surface area (Å²) in [6.45, 7) is 2.22. The van der Waals surface area contributed by atoms with Gasteiger partial charge in [-0.05, 0) is 24.6 Å². The maximum atomic E-state index is 11.3. The van der Waals surface area contributed by atoms with E-state index in [0.29, 0.717) is 23.3 Å². The average molecular weight is 267 g/mol. The van der Waals surface area contributed by atoms with Crippen LogP contribution in [0.1, 0.15) is 11.4 Å². The Labute approximate surface area is 105 Å². The van der Waals surface area contributed by atoms with Crippen LogP contribution in [0.2, 0.25) is 0 Å². The van der Waals surface area contributed by atoms with Gasteiger partial charge < -0.3 is 9.84 Å². The van der Waals surface area contributed by atoms with E-state index >= 15 is 0 Å². The molecule has 0 atom stereocenters. The van der Waals surface area contributed by atoms with Gasteiger partial charge in [0.15, 0.2) is 15.7 Å². The van der Waals surface area contributed by atoms with Crippen molar-refractivity contribution in [3.05, 3.63) is 35.7 Å². The highest BCUT2D eigenvalue weighted by Crippen LogP contribution is 2.11. The van der Waals surface area contributed by atoms with Crippen molar-refractivity contribution in [1.82, 2.24) is 10.1 Å². The monoisotopic (exact) mass is 267 g/mol. The highest BCUT2D eigenvalue weighted by Gasteiger charge is 2.06. The predicted octanol–water partition coefficient (Wildman–Crippen LogP) is 1.39. The third-order valence-corrected chi connectivity index (χ3v) is 3.45. The van der Waals surface area contributed by atoms with Gasteiger partial charge in [-0.3, -0.25) is 0 Å². The first-order valence-corrected chi connectivity index (χ1v) is 7.17. The number of hydrogen-bond donors (Lipinski definition) is 1. The summed E-state index contributed by atoms with van der Waals surface area (Å²) in [6.07, 6.45) is 1.18. The summed E-state index contributed by atoms with van der Waals surface area (Å²) in [5.41, 5.74) is 0.929. The van der Waals surface area contributed by atoms with Gasteiger partial charge in [0, 0.05) is 12.8 Å². The molecule has 18 heavy (non-hydrogen) atoms. The van der Waals surface area contributed by atoms with Crippen LogP contribution in [0.4, 0.5) is 6.01 Å². The minimum absolute atomic E-state index is 0.305. The van der Waals surface area contributed by atoms with E-state index < -0.39 is 9.84 Å². The fourth-order valence-corrected chi connectivity index (χ4v) is 2.03. The molecule has 0 aliphatic heterocycles. The van der Waals surface area contributed by atoms with Gasteiger partial charge in [-0.15, -0.1) is 0 Å². The maximum Gasteiger partial charge on any atom is 0.321 e. The van der Waals surface area contributed by atoms with Crippen LogP contribution in [-0.2, 0) is 16.4 Å². The molecule has 1 aromatic heterocycles. The van der Waals surface area contributed by atoms with E-state index in [1.165, 1.54) is 6.26 Å². The zero-order valence-corrected chi connectivity index (χ0v) is 10.9. The van der Waals surface area contributed by atoms with Crippen LogP contribution in [0.25, 0.3) is 0 Å². The standard InChI is InChI=1S/C11H13N3O3S/c1-8-13-11(17-14-8)12-7-9-3-5-10(6-4-9)18(2,15)16/h3-6H,7H2,1-2H3,(H,12,13,14). The van der Waals surface area contributed by atoms with Crippen molar-refractivity contribution in [2.24, 2.45) is 0 Å². The quantitative estimate of drug-likeness (QED) is 0.901. The number of anilines is 1. The van der Waals surface area contributed by atoms with Crippen molar-refractivity contribution in [3.8, 4) is 0 Å². The van der Waals surface area contributed by atoms with Gasteiger partial charge in [-0.1, -0.05) is 17.3 Å². The summed E-state index contributed by atoms with van der Waals surface area (Å²) < 4.78 is 27.5. The number of aromatic nitrogens is 2.